The van der Waals surface area contributed by atoms with E-state index in [4.69, 9.17) is 9.15 Å². The molecule has 0 aromatic carbocycles. The molecule has 1 fully saturated rings. The summed E-state index contributed by atoms with van der Waals surface area (Å²) in [6, 6.07) is 0. The summed E-state index contributed by atoms with van der Waals surface area (Å²) in [4.78, 5) is 22.7. The van der Waals surface area contributed by atoms with Crippen LogP contribution in [0.5, 0.6) is 0 Å². The van der Waals surface area contributed by atoms with Crippen molar-refractivity contribution in [1.29, 1.82) is 0 Å². The molecule has 2 aromatic heterocycles. The van der Waals surface area contributed by atoms with E-state index in [1.165, 1.54) is 6.39 Å². The van der Waals surface area contributed by atoms with Gasteiger partial charge in [-0.15, -0.1) is 0 Å². The van der Waals surface area contributed by atoms with E-state index in [9.17, 15) is 4.79 Å². The zero-order valence-electron chi connectivity index (χ0n) is 12.9. The summed E-state index contributed by atoms with van der Waals surface area (Å²) in [6.07, 6.45) is 0.996. The number of H-pyrrole nitrogens is 1. The number of aromatic amines is 1. The SMILES string of the molecule is Cc1nc(C2CN(C(=O)c3ncoc3C(C)C)CCO2)n[nH]1. The van der Waals surface area contributed by atoms with Crippen LogP contribution in [0.25, 0.3) is 0 Å². The molecule has 0 spiro atoms. The van der Waals surface area contributed by atoms with Gasteiger partial charge in [0.15, 0.2) is 17.9 Å². The van der Waals surface area contributed by atoms with E-state index >= 15 is 0 Å². The minimum absolute atomic E-state index is 0.106. The van der Waals surface area contributed by atoms with Crippen molar-refractivity contribution in [2.24, 2.45) is 0 Å². The second-order valence-electron chi connectivity index (χ2n) is 5.61. The number of hydrogen-bond donors (Lipinski definition) is 1. The van der Waals surface area contributed by atoms with E-state index in [1.54, 1.807) is 4.90 Å². The second kappa shape index (κ2) is 5.88. The molecule has 118 valence electrons. The zero-order chi connectivity index (χ0) is 15.7. The summed E-state index contributed by atoms with van der Waals surface area (Å²) in [5.74, 6) is 1.87. The largest absolute Gasteiger partial charge is 0.447 e. The van der Waals surface area contributed by atoms with Crippen LogP contribution in [0.1, 0.15) is 53.8 Å². The normalized spacial score (nSPS) is 18.9. The van der Waals surface area contributed by atoms with Crippen LogP contribution in [0.4, 0.5) is 0 Å². The van der Waals surface area contributed by atoms with E-state index in [-0.39, 0.29) is 17.9 Å². The molecule has 0 aliphatic carbocycles. The average molecular weight is 305 g/mol. The first-order valence-electron chi connectivity index (χ1n) is 7.29. The first-order valence-corrected chi connectivity index (χ1v) is 7.29. The lowest BCUT2D eigenvalue weighted by molar-refractivity contribution is -0.0269. The van der Waals surface area contributed by atoms with Crippen molar-refractivity contribution in [1.82, 2.24) is 25.1 Å². The van der Waals surface area contributed by atoms with Gasteiger partial charge in [-0.25, -0.2) is 9.97 Å². The number of nitrogens with zero attached hydrogens (tertiary/aromatic N) is 4. The number of amides is 1. The topological polar surface area (TPSA) is 97.1 Å². The van der Waals surface area contributed by atoms with E-state index in [1.807, 2.05) is 20.8 Å². The van der Waals surface area contributed by atoms with Crippen LogP contribution in [-0.4, -0.2) is 50.7 Å². The number of aryl methyl sites for hydroxylation is 1. The Labute approximate surface area is 127 Å². The van der Waals surface area contributed by atoms with E-state index in [0.29, 0.717) is 37.0 Å². The number of oxazole rings is 1. The maximum atomic E-state index is 12.7. The van der Waals surface area contributed by atoms with E-state index in [2.05, 4.69) is 20.2 Å². The lowest BCUT2D eigenvalue weighted by Crippen LogP contribution is -2.43. The van der Waals surface area contributed by atoms with Crippen molar-refractivity contribution in [2.45, 2.75) is 32.8 Å². The summed E-state index contributed by atoms with van der Waals surface area (Å²) in [7, 11) is 0. The van der Waals surface area contributed by atoms with Gasteiger partial charge in [0.1, 0.15) is 17.7 Å². The Morgan fingerprint density at radius 1 is 1.50 bits per heavy atom. The number of ether oxygens (including phenoxy) is 1. The van der Waals surface area contributed by atoms with Crippen molar-refractivity contribution in [3.05, 3.63) is 29.5 Å². The van der Waals surface area contributed by atoms with Gasteiger partial charge in [0.05, 0.1) is 13.2 Å². The third-order valence-electron chi connectivity index (χ3n) is 3.58. The maximum Gasteiger partial charge on any atom is 0.276 e. The molecule has 1 amide bonds. The molecule has 1 unspecified atom stereocenters. The number of morpholine rings is 1. The Morgan fingerprint density at radius 2 is 2.32 bits per heavy atom. The van der Waals surface area contributed by atoms with Crippen molar-refractivity contribution in [3.8, 4) is 0 Å². The highest BCUT2D eigenvalue weighted by Crippen LogP contribution is 2.23. The molecule has 0 saturated carbocycles. The Bertz CT molecular complexity index is 663. The quantitative estimate of drug-likeness (QED) is 0.921. The number of hydrogen-bond acceptors (Lipinski definition) is 6. The monoisotopic (exact) mass is 305 g/mol. The van der Waals surface area contributed by atoms with Gasteiger partial charge in [0.2, 0.25) is 0 Å². The molecule has 1 N–H and O–H groups in total. The molecule has 1 atom stereocenters. The van der Waals surface area contributed by atoms with Crippen LogP contribution in [0.2, 0.25) is 0 Å². The summed E-state index contributed by atoms with van der Waals surface area (Å²) in [6.45, 7) is 7.13. The van der Waals surface area contributed by atoms with Gasteiger partial charge < -0.3 is 14.1 Å². The fourth-order valence-electron chi connectivity index (χ4n) is 2.47. The Balaban J connectivity index is 1.77. The van der Waals surface area contributed by atoms with Crippen LogP contribution in [-0.2, 0) is 4.74 Å². The number of carbonyl (C=O) groups is 1. The predicted molar refractivity (Wildman–Crippen MR) is 76.3 cm³/mol. The molecule has 3 rings (SSSR count). The molecule has 2 aromatic rings. The van der Waals surface area contributed by atoms with Gasteiger partial charge in [-0.2, -0.15) is 5.10 Å². The maximum absolute atomic E-state index is 12.7. The molecule has 0 bridgehead atoms. The average Bonchev–Trinajstić information content (AvgIpc) is 3.15. The Kier molecular flexibility index (Phi) is 3.93. The molecule has 1 aliphatic rings. The highest BCUT2D eigenvalue weighted by molar-refractivity contribution is 5.93. The fourth-order valence-corrected chi connectivity index (χ4v) is 2.47. The summed E-state index contributed by atoms with van der Waals surface area (Å²) >= 11 is 0. The Morgan fingerprint density at radius 3 is 3.00 bits per heavy atom. The first kappa shape index (κ1) is 14.7. The lowest BCUT2D eigenvalue weighted by atomic mass is 10.1. The minimum atomic E-state index is -0.322. The molecule has 8 heteroatoms. The molecule has 22 heavy (non-hydrogen) atoms. The number of nitrogens with one attached hydrogen (secondary N) is 1. The van der Waals surface area contributed by atoms with Crippen LogP contribution < -0.4 is 0 Å². The first-order chi connectivity index (χ1) is 10.6. The van der Waals surface area contributed by atoms with Crippen molar-refractivity contribution >= 4 is 5.91 Å². The summed E-state index contributed by atoms with van der Waals surface area (Å²) in [5, 5.41) is 6.90. The number of rotatable bonds is 3. The third kappa shape index (κ3) is 2.74. The van der Waals surface area contributed by atoms with Crippen LogP contribution in [0, 0.1) is 6.92 Å². The summed E-state index contributed by atoms with van der Waals surface area (Å²) in [5.41, 5.74) is 0.377. The van der Waals surface area contributed by atoms with Gasteiger partial charge in [-0.3, -0.25) is 9.89 Å². The molecular formula is C14H19N5O3. The fraction of sp³-hybridized carbons (Fsp3) is 0.571. The number of carbonyl (C=O) groups excluding carboxylic acids is 1. The highest BCUT2D eigenvalue weighted by Gasteiger charge is 2.31. The molecule has 1 aliphatic heterocycles. The standard InChI is InChI=1S/C14H19N5O3/c1-8(2)12-11(15-7-22-12)14(20)19-4-5-21-10(6-19)13-16-9(3)17-18-13/h7-8,10H,4-6H2,1-3H3,(H,16,17,18). The lowest BCUT2D eigenvalue weighted by Gasteiger charge is -2.31. The van der Waals surface area contributed by atoms with Crippen LogP contribution >= 0.6 is 0 Å². The van der Waals surface area contributed by atoms with Gasteiger partial charge in [0, 0.05) is 12.5 Å². The van der Waals surface area contributed by atoms with Crippen LogP contribution in [0.15, 0.2) is 10.8 Å². The Hall–Kier alpha value is -2.22. The number of aromatic nitrogens is 4. The second-order valence-corrected chi connectivity index (χ2v) is 5.61. The minimum Gasteiger partial charge on any atom is -0.447 e. The van der Waals surface area contributed by atoms with Crippen molar-refractivity contribution in [2.75, 3.05) is 19.7 Å². The van der Waals surface area contributed by atoms with Gasteiger partial charge in [-0.1, -0.05) is 13.8 Å². The van der Waals surface area contributed by atoms with Crippen molar-refractivity contribution < 1.29 is 13.9 Å². The van der Waals surface area contributed by atoms with Gasteiger partial charge in [0.25, 0.3) is 5.91 Å². The molecule has 3 heterocycles. The van der Waals surface area contributed by atoms with Gasteiger partial charge in [-0.05, 0) is 6.92 Å². The smallest absolute Gasteiger partial charge is 0.276 e. The third-order valence-corrected chi connectivity index (χ3v) is 3.58. The van der Waals surface area contributed by atoms with Gasteiger partial charge >= 0.3 is 0 Å². The highest BCUT2D eigenvalue weighted by atomic mass is 16.5. The summed E-state index contributed by atoms with van der Waals surface area (Å²) < 4.78 is 11.0. The zero-order valence-corrected chi connectivity index (χ0v) is 12.9. The molecule has 8 nitrogen and oxygen atoms in total. The molecule has 0 radical (unpaired) electrons. The molecular weight excluding hydrogens is 286 g/mol. The predicted octanol–water partition coefficient (Wildman–Crippen LogP) is 1.44. The van der Waals surface area contributed by atoms with Crippen molar-refractivity contribution in [3.63, 3.8) is 0 Å². The van der Waals surface area contributed by atoms with E-state index in [0.717, 1.165) is 5.82 Å². The van der Waals surface area contributed by atoms with E-state index < -0.39 is 0 Å². The molecule has 1 saturated heterocycles. The van der Waals surface area contributed by atoms with Crippen LogP contribution in [0.3, 0.4) is 0 Å².